The summed E-state index contributed by atoms with van der Waals surface area (Å²) in [5.41, 5.74) is 9.98. The molecule has 34 heavy (non-hydrogen) atoms. The predicted octanol–water partition coefficient (Wildman–Crippen LogP) is 9.38. The molecule has 4 aromatic carbocycles. The molecule has 0 radical (unpaired) electrons. The van der Waals surface area contributed by atoms with Crippen LogP contribution in [0, 0.1) is 22.9 Å². The Morgan fingerprint density at radius 1 is 0.471 bits per heavy atom. The molecule has 4 rings (SSSR count). The number of rotatable bonds is 6. The van der Waals surface area contributed by atoms with Gasteiger partial charge in [-0.15, -0.1) is 11.1 Å². The molecule has 0 fully saturated rings. The highest BCUT2D eigenvalue weighted by Gasteiger charge is 2.25. The molecule has 0 saturated carbocycles. The summed E-state index contributed by atoms with van der Waals surface area (Å²) in [5.74, 6) is 7.33. The Bertz CT molecular complexity index is 1300. The van der Waals surface area contributed by atoms with Crippen molar-refractivity contribution in [2.24, 2.45) is 0 Å². The molecule has 0 spiro atoms. The van der Waals surface area contributed by atoms with E-state index in [0.717, 1.165) is 0 Å². The van der Waals surface area contributed by atoms with Gasteiger partial charge in [0.15, 0.2) is 0 Å². The molecule has 0 N–H and O–H groups in total. The third kappa shape index (κ3) is 4.20. The van der Waals surface area contributed by atoms with Gasteiger partial charge in [-0.05, 0) is 80.7 Å². The Morgan fingerprint density at radius 3 is 1.12 bits per heavy atom. The Kier molecular flexibility index (Phi) is 7.23. The van der Waals surface area contributed by atoms with Gasteiger partial charge in [0.2, 0.25) is 0 Å². The van der Waals surface area contributed by atoms with E-state index in [9.17, 15) is 0 Å². The van der Waals surface area contributed by atoms with Gasteiger partial charge >= 0.3 is 0 Å². The fourth-order valence-electron chi connectivity index (χ4n) is 5.45. The summed E-state index contributed by atoms with van der Waals surface area (Å²) in [4.78, 5) is 0. The van der Waals surface area contributed by atoms with Crippen molar-refractivity contribution in [1.29, 1.82) is 0 Å². The molecule has 0 aromatic heterocycles. The molecule has 0 amide bonds. The average Bonchev–Trinajstić information content (AvgIpc) is 2.90. The summed E-state index contributed by atoms with van der Waals surface area (Å²) in [5, 5.41) is 7.89. The van der Waals surface area contributed by atoms with Crippen LogP contribution in [0.25, 0.3) is 32.3 Å². The van der Waals surface area contributed by atoms with E-state index in [-0.39, 0.29) is 0 Å². The Balaban J connectivity index is 1.95. The van der Waals surface area contributed by atoms with Crippen LogP contribution in [0.3, 0.4) is 0 Å². The Morgan fingerprint density at radius 2 is 0.794 bits per heavy atom. The smallest absolute Gasteiger partial charge is 0.126 e. The molecule has 0 unspecified atom stereocenters. The highest BCUT2D eigenvalue weighted by Crippen LogP contribution is 2.37. The van der Waals surface area contributed by atoms with Crippen molar-refractivity contribution in [3.05, 3.63) is 59.7 Å². The minimum Gasteiger partial charge on any atom is -0.126 e. The number of hydrogen-bond donors (Lipinski definition) is 0. The number of benzene rings is 4. The first-order valence-corrected chi connectivity index (χ1v) is 18.5. The normalized spacial score (nSPS) is 12.1. The van der Waals surface area contributed by atoms with Crippen LogP contribution in [0.4, 0.5) is 0 Å². The largest absolute Gasteiger partial charge is 0.138 e. The molecule has 0 aliphatic heterocycles. The zero-order chi connectivity index (χ0) is 24.3. The molecule has 174 valence electrons. The lowest BCUT2D eigenvalue weighted by atomic mass is 9.90. The summed E-state index contributed by atoms with van der Waals surface area (Å²) in [6.07, 6.45) is 0. The van der Waals surface area contributed by atoms with Gasteiger partial charge < -0.3 is 0 Å². The van der Waals surface area contributed by atoms with Crippen LogP contribution in [0.2, 0.25) is 36.3 Å². The summed E-state index contributed by atoms with van der Waals surface area (Å²) in [7, 11) is -2.98. The van der Waals surface area contributed by atoms with E-state index in [4.69, 9.17) is 0 Å². The van der Waals surface area contributed by atoms with Gasteiger partial charge in [0.05, 0.1) is 0 Å². The molecule has 2 heteroatoms. The summed E-state index contributed by atoms with van der Waals surface area (Å²) >= 11 is 0. The van der Waals surface area contributed by atoms with Gasteiger partial charge in [-0.1, -0.05) is 89.8 Å². The van der Waals surface area contributed by atoms with Crippen LogP contribution < -0.4 is 0 Å². The molecule has 4 aromatic rings. The second-order valence-electron chi connectivity index (χ2n) is 9.83. The zero-order valence-corrected chi connectivity index (χ0v) is 23.9. The number of hydrogen-bond acceptors (Lipinski definition) is 0. The summed E-state index contributed by atoms with van der Waals surface area (Å²) in [6, 6.07) is 25.5. The van der Waals surface area contributed by atoms with Crippen LogP contribution in [-0.2, 0) is 0 Å². The van der Waals surface area contributed by atoms with Gasteiger partial charge in [0.1, 0.15) is 16.1 Å². The molecule has 0 nitrogen and oxygen atoms in total. The van der Waals surface area contributed by atoms with Crippen LogP contribution >= 0.6 is 0 Å². The van der Waals surface area contributed by atoms with Gasteiger partial charge in [-0.2, -0.15) is 0 Å². The van der Waals surface area contributed by atoms with E-state index in [0.29, 0.717) is 0 Å². The van der Waals surface area contributed by atoms with Crippen LogP contribution in [0.1, 0.15) is 52.7 Å². The minimum absolute atomic E-state index is 1.18. The van der Waals surface area contributed by atoms with Crippen molar-refractivity contribution in [2.45, 2.75) is 77.8 Å². The van der Waals surface area contributed by atoms with Crippen molar-refractivity contribution in [1.82, 2.24) is 0 Å². The standard InChI is InChI=1S/C32H38Si2/c1-7-33(8-2,9-3)23-21-25-13-15-27-18-20-30-26(22-24-34(10-4,11-5)12-6)14-16-28-17-19-29(25)31(27)32(28)30/h13-20H,7-12H2,1-6H3. The maximum absolute atomic E-state index is 3.81. The topological polar surface area (TPSA) is 0 Å². The van der Waals surface area contributed by atoms with Gasteiger partial charge in [0, 0.05) is 11.1 Å². The van der Waals surface area contributed by atoms with E-state index in [1.165, 1.54) is 79.7 Å². The first-order chi connectivity index (χ1) is 16.5. The minimum atomic E-state index is -1.49. The van der Waals surface area contributed by atoms with E-state index in [2.05, 4.69) is 113 Å². The SMILES string of the molecule is CC[Si](C#Cc1ccc2ccc3c(C#C[Si](CC)(CC)CC)ccc4ccc1c2c43)(CC)CC. The molecule has 0 aliphatic carbocycles. The maximum Gasteiger partial charge on any atom is 0.138 e. The predicted molar refractivity (Wildman–Crippen MR) is 158 cm³/mol. The Labute approximate surface area is 208 Å². The van der Waals surface area contributed by atoms with E-state index in [1.807, 2.05) is 0 Å². The van der Waals surface area contributed by atoms with E-state index in [1.54, 1.807) is 0 Å². The molecule has 0 saturated heterocycles. The lowest BCUT2D eigenvalue weighted by molar-refractivity contribution is 1.20. The monoisotopic (exact) mass is 478 g/mol. The summed E-state index contributed by atoms with van der Waals surface area (Å²) < 4.78 is 0. The van der Waals surface area contributed by atoms with Crippen LogP contribution in [0.5, 0.6) is 0 Å². The fourth-order valence-corrected chi connectivity index (χ4v) is 10.3. The lowest BCUT2D eigenvalue weighted by Gasteiger charge is -2.20. The molecule has 0 atom stereocenters. The molecular formula is C32H38Si2. The van der Waals surface area contributed by atoms with Crippen LogP contribution in [0.15, 0.2) is 48.5 Å². The summed E-state index contributed by atoms with van der Waals surface area (Å²) in [6.45, 7) is 14.0. The van der Waals surface area contributed by atoms with Crippen LogP contribution in [-0.4, -0.2) is 16.1 Å². The van der Waals surface area contributed by atoms with E-state index < -0.39 is 16.1 Å². The maximum atomic E-state index is 3.81. The average molecular weight is 479 g/mol. The van der Waals surface area contributed by atoms with Crippen molar-refractivity contribution in [3.63, 3.8) is 0 Å². The molecule has 0 heterocycles. The third-order valence-corrected chi connectivity index (χ3v) is 18.1. The third-order valence-electron chi connectivity index (χ3n) is 8.65. The lowest BCUT2D eigenvalue weighted by Crippen LogP contribution is -2.29. The fraction of sp³-hybridized carbons (Fsp3) is 0.375. The first-order valence-electron chi connectivity index (χ1n) is 13.3. The van der Waals surface area contributed by atoms with Gasteiger partial charge in [-0.3, -0.25) is 0 Å². The van der Waals surface area contributed by atoms with Crippen molar-refractivity contribution < 1.29 is 0 Å². The van der Waals surface area contributed by atoms with Crippen molar-refractivity contribution in [3.8, 4) is 22.9 Å². The van der Waals surface area contributed by atoms with Crippen molar-refractivity contribution >= 4 is 48.5 Å². The van der Waals surface area contributed by atoms with Gasteiger partial charge in [-0.25, -0.2) is 0 Å². The second-order valence-corrected chi connectivity index (χ2v) is 19.7. The molecule has 0 bridgehead atoms. The quantitative estimate of drug-likeness (QED) is 0.147. The highest BCUT2D eigenvalue weighted by molar-refractivity contribution is 6.87. The molecular weight excluding hydrogens is 441 g/mol. The highest BCUT2D eigenvalue weighted by atomic mass is 28.3. The first kappa shape index (κ1) is 24.6. The Hall–Kier alpha value is -2.53. The second kappa shape index (κ2) is 9.99. The zero-order valence-electron chi connectivity index (χ0n) is 21.9. The van der Waals surface area contributed by atoms with Crippen molar-refractivity contribution in [2.75, 3.05) is 0 Å². The van der Waals surface area contributed by atoms with Gasteiger partial charge in [0.25, 0.3) is 0 Å². The van der Waals surface area contributed by atoms with E-state index >= 15 is 0 Å². The molecule has 0 aliphatic rings.